The van der Waals surface area contributed by atoms with Crippen LogP contribution in [0, 0.1) is 6.17 Å². The van der Waals surface area contributed by atoms with Crippen LogP contribution in [0.2, 0.25) is 0 Å². The summed E-state index contributed by atoms with van der Waals surface area (Å²) in [5, 5.41) is 4.82. The van der Waals surface area contributed by atoms with Crippen LogP contribution in [0.4, 0.5) is 4.79 Å². The van der Waals surface area contributed by atoms with E-state index in [1.165, 1.54) is 6.92 Å². The topological polar surface area (TPSA) is 67.4 Å². The van der Waals surface area contributed by atoms with Crippen LogP contribution in [-0.2, 0) is 9.53 Å². The molecule has 14 heavy (non-hydrogen) atoms. The molecule has 0 aromatic carbocycles. The van der Waals surface area contributed by atoms with Crippen LogP contribution in [-0.4, -0.2) is 17.6 Å². The Morgan fingerprint density at radius 2 is 1.57 bits per heavy atom. The number of carbonyl (C=O) groups is 2. The molecule has 0 saturated heterocycles. The van der Waals surface area contributed by atoms with E-state index >= 15 is 0 Å². The van der Waals surface area contributed by atoms with E-state index in [-0.39, 0.29) is 5.91 Å². The quantitative estimate of drug-likeness (QED) is 0.704. The zero-order chi connectivity index (χ0) is 11.4. The first kappa shape index (κ1) is 12.7. The molecule has 0 atom stereocenters. The lowest BCUT2D eigenvalue weighted by Gasteiger charge is -2.21. The lowest BCUT2D eigenvalue weighted by molar-refractivity contribution is -0.118. The van der Waals surface area contributed by atoms with Gasteiger partial charge >= 0.3 is 6.09 Å². The maximum Gasteiger partial charge on any atom is 0.409 e. The Kier molecular flexibility index (Phi) is 4.40. The molecule has 0 aliphatic rings. The van der Waals surface area contributed by atoms with E-state index in [1.54, 1.807) is 27.7 Å². The van der Waals surface area contributed by atoms with Gasteiger partial charge in [0.05, 0.1) is 0 Å². The van der Waals surface area contributed by atoms with Gasteiger partial charge in [-0.15, -0.1) is 0 Å². The Morgan fingerprint density at radius 1 is 1.07 bits per heavy atom. The van der Waals surface area contributed by atoms with Crippen molar-refractivity contribution in [1.82, 2.24) is 10.6 Å². The Bertz CT molecular complexity index is 221. The van der Waals surface area contributed by atoms with Gasteiger partial charge in [0.15, 0.2) is 6.17 Å². The maximum absolute atomic E-state index is 11.1. The van der Waals surface area contributed by atoms with Gasteiger partial charge in [0.25, 0.3) is 0 Å². The number of ether oxygens (including phenoxy) is 1. The molecule has 0 spiro atoms. The second kappa shape index (κ2) is 4.83. The summed E-state index contributed by atoms with van der Waals surface area (Å²) in [6.45, 7) is 8.23. The highest BCUT2D eigenvalue weighted by Gasteiger charge is 2.18. The molecule has 5 heteroatoms. The number of hydrogen-bond acceptors (Lipinski definition) is 3. The molecule has 2 amide bonds. The molecular weight excluding hydrogens is 184 g/mol. The van der Waals surface area contributed by atoms with Crippen molar-refractivity contribution in [3.05, 3.63) is 6.17 Å². The molecule has 0 unspecified atom stereocenters. The Hall–Kier alpha value is -1.26. The molecule has 0 fully saturated rings. The second-order valence-corrected chi connectivity index (χ2v) is 3.93. The SMILES string of the molecule is C[C](NC(C)=O)NC(=O)OC(C)(C)C. The fourth-order valence-corrected chi connectivity index (χ4v) is 0.752. The highest BCUT2D eigenvalue weighted by Crippen LogP contribution is 2.06. The molecule has 0 saturated carbocycles. The summed E-state index contributed by atoms with van der Waals surface area (Å²) in [6, 6.07) is 0. The first-order chi connectivity index (χ1) is 6.20. The summed E-state index contributed by atoms with van der Waals surface area (Å²) in [7, 11) is 0. The minimum absolute atomic E-state index is 0.237. The lowest BCUT2D eigenvalue weighted by Crippen LogP contribution is -2.41. The van der Waals surface area contributed by atoms with E-state index in [9.17, 15) is 9.59 Å². The average molecular weight is 201 g/mol. The summed E-state index contributed by atoms with van der Waals surface area (Å²) in [5.74, 6) is -0.237. The van der Waals surface area contributed by atoms with E-state index in [0.717, 1.165) is 0 Å². The van der Waals surface area contributed by atoms with Crippen molar-refractivity contribution in [2.24, 2.45) is 0 Å². The van der Waals surface area contributed by atoms with Crippen molar-refractivity contribution in [3.8, 4) is 0 Å². The first-order valence-corrected chi connectivity index (χ1v) is 4.32. The molecule has 0 heterocycles. The van der Waals surface area contributed by atoms with Crippen molar-refractivity contribution in [1.29, 1.82) is 0 Å². The number of amides is 2. The van der Waals surface area contributed by atoms with E-state index in [4.69, 9.17) is 4.74 Å². The molecular formula is C9H17N2O3. The Morgan fingerprint density at radius 3 is 1.93 bits per heavy atom. The van der Waals surface area contributed by atoms with E-state index in [2.05, 4.69) is 10.6 Å². The largest absolute Gasteiger partial charge is 0.444 e. The summed E-state index contributed by atoms with van der Waals surface area (Å²) < 4.78 is 4.97. The number of carbonyl (C=O) groups excluding carboxylic acids is 2. The molecule has 81 valence electrons. The van der Waals surface area contributed by atoms with Crippen LogP contribution in [0.5, 0.6) is 0 Å². The smallest absolute Gasteiger partial charge is 0.409 e. The molecule has 2 N–H and O–H groups in total. The molecule has 0 aliphatic carbocycles. The molecule has 0 rings (SSSR count). The van der Waals surface area contributed by atoms with Crippen molar-refractivity contribution < 1.29 is 14.3 Å². The number of alkyl carbamates (subject to hydrolysis) is 1. The second-order valence-electron chi connectivity index (χ2n) is 3.93. The van der Waals surface area contributed by atoms with Crippen LogP contribution in [0.1, 0.15) is 34.6 Å². The molecule has 0 aliphatic heterocycles. The molecule has 5 nitrogen and oxygen atoms in total. The zero-order valence-electron chi connectivity index (χ0n) is 9.22. The van der Waals surface area contributed by atoms with Gasteiger partial charge < -0.3 is 10.1 Å². The van der Waals surface area contributed by atoms with Crippen LogP contribution in [0.3, 0.4) is 0 Å². The van der Waals surface area contributed by atoms with Gasteiger partial charge in [-0.05, 0) is 27.7 Å². The van der Waals surface area contributed by atoms with Crippen molar-refractivity contribution in [3.63, 3.8) is 0 Å². The lowest BCUT2D eigenvalue weighted by atomic mass is 10.2. The molecule has 0 bridgehead atoms. The van der Waals surface area contributed by atoms with E-state index in [1.807, 2.05) is 0 Å². The minimum atomic E-state index is -0.580. The summed E-state index contributed by atoms with van der Waals surface area (Å²) in [5.41, 5.74) is -0.541. The summed E-state index contributed by atoms with van der Waals surface area (Å²) in [6.07, 6.45) is -0.226. The van der Waals surface area contributed by atoms with Gasteiger partial charge in [-0.1, -0.05) is 0 Å². The normalized spacial score (nSPS) is 11.0. The van der Waals surface area contributed by atoms with Gasteiger partial charge in [-0.25, -0.2) is 4.79 Å². The van der Waals surface area contributed by atoms with Crippen LogP contribution < -0.4 is 10.6 Å². The van der Waals surface area contributed by atoms with Gasteiger partial charge in [0, 0.05) is 6.92 Å². The molecule has 0 aromatic rings. The highest BCUT2D eigenvalue weighted by atomic mass is 16.6. The van der Waals surface area contributed by atoms with E-state index in [0.29, 0.717) is 6.17 Å². The predicted octanol–water partition coefficient (Wildman–Crippen LogP) is 1.16. The standard InChI is InChI=1S/C9H17N2O3/c1-6(10-7(2)12)11-8(13)14-9(3,4)5/h1-5H3,(H,10,12)(H,11,13). The van der Waals surface area contributed by atoms with Crippen LogP contribution >= 0.6 is 0 Å². The van der Waals surface area contributed by atoms with Gasteiger partial charge in [0.1, 0.15) is 5.60 Å². The fraction of sp³-hybridized carbons (Fsp3) is 0.667. The third-order valence-corrected chi connectivity index (χ3v) is 1.05. The minimum Gasteiger partial charge on any atom is -0.444 e. The predicted molar refractivity (Wildman–Crippen MR) is 52.1 cm³/mol. The number of nitrogens with one attached hydrogen (secondary N) is 2. The third kappa shape index (κ3) is 7.39. The highest BCUT2D eigenvalue weighted by molar-refractivity contribution is 5.76. The average Bonchev–Trinajstić information content (AvgIpc) is 1.77. The maximum atomic E-state index is 11.1. The van der Waals surface area contributed by atoms with Crippen molar-refractivity contribution in [2.75, 3.05) is 0 Å². The molecule has 0 aromatic heterocycles. The van der Waals surface area contributed by atoms with E-state index < -0.39 is 11.7 Å². The fourth-order valence-electron chi connectivity index (χ4n) is 0.752. The monoisotopic (exact) mass is 201 g/mol. The third-order valence-electron chi connectivity index (χ3n) is 1.05. The zero-order valence-corrected chi connectivity index (χ0v) is 9.22. The molecule has 1 radical (unpaired) electrons. The Balaban J connectivity index is 3.89. The number of hydrogen-bond donors (Lipinski definition) is 2. The Labute approximate surface area is 84.2 Å². The van der Waals surface area contributed by atoms with Crippen LogP contribution in [0.25, 0.3) is 0 Å². The van der Waals surface area contributed by atoms with Gasteiger partial charge in [-0.2, -0.15) is 0 Å². The first-order valence-electron chi connectivity index (χ1n) is 4.32. The number of rotatable bonds is 2. The summed E-state index contributed by atoms with van der Waals surface area (Å²) >= 11 is 0. The van der Waals surface area contributed by atoms with Crippen LogP contribution in [0.15, 0.2) is 0 Å². The van der Waals surface area contributed by atoms with Gasteiger partial charge in [-0.3, -0.25) is 10.1 Å². The summed E-state index contributed by atoms with van der Waals surface area (Å²) in [4.78, 5) is 21.7. The van der Waals surface area contributed by atoms with Crippen molar-refractivity contribution >= 4 is 12.0 Å². The van der Waals surface area contributed by atoms with Gasteiger partial charge in [0.2, 0.25) is 5.91 Å². The van der Waals surface area contributed by atoms with Crippen molar-refractivity contribution in [2.45, 2.75) is 40.2 Å².